The predicted octanol–water partition coefficient (Wildman–Crippen LogP) is 1.04. The van der Waals surface area contributed by atoms with Gasteiger partial charge in [-0.15, -0.1) is 11.8 Å². The van der Waals surface area contributed by atoms with E-state index >= 15 is 0 Å². The molecule has 1 aliphatic carbocycles. The number of thioether (sulfide) groups is 1. The first-order chi connectivity index (χ1) is 9.52. The van der Waals surface area contributed by atoms with Crippen molar-refractivity contribution >= 4 is 29.6 Å². The second-order valence-corrected chi connectivity index (χ2v) is 5.74. The fraction of sp³-hybridized carbons (Fsp3) is 0.769. The van der Waals surface area contributed by atoms with Gasteiger partial charge < -0.3 is 15.2 Å². The van der Waals surface area contributed by atoms with E-state index in [1.165, 1.54) is 0 Å². The Kier molecular flexibility index (Phi) is 7.43. The number of esters is 1. The lowest BCUT2D eigenvalue weighted by Crippen LogP contribution is -2.39. The van der Waals surface area contributed by atoms with Gasteiger partial charge in [-0.2, -0.15) is 0 Å². The van der Waals surface area contributed by atoms with E-state index in [9.17, 15) is 14.4 Å². The van der Waals surface area contributed by atoms with Crippen LogP contribution >= 0.6 is 11.8 Å². The quantitative estimate of drug-likeness (QED) is 0.683. The van der Waals surface area contributed by atoms with Gasteiger partial charge in [0.15, 0.2) is 0 Å². The minimum absolute atomic E-state index is 0.0514. The summed E-state index contributed by atoms with van der Waals surface area (Å²) in [6, 6.07) is 0.0820. The predicted molar refractivity (Wildman–Crippen MR) is 75.5 cm³/mol. The van der Waals surface area contributed by atoms with Crippen LogP contribution in [0.5, 0.6) is 0 Å². The van der Waals surface area contributed by atoms with Crippen molar-refractivity contribution in [1.29, 1.82) is 0 Å². The monoisotopic (exact) mass is 303 g/mol. The number of nitrogens with one attached hydrogen (secondary N) is 1. The van der Waals surface area contributed by atoms with E-state index in [4.69, 9.17) is 9.84 Å². The number of ether oxygens (including phenoxy) is 1. The van der Waals surface area contributed by atoms with E-state index in [0.29, 0.717) is 6.61 Å². The molecule has 7 heteroatoms. The molecule has 114 valence electrons. The van der Waals surface area contributed by atoms with Crippen molar-refractivity contribution in [3.05, 3.63) is 0 Å². The topological polar surface area (TPSA) is 92.7 Å². The molecule has 0 bridgehead atoms. The van der Waals surface area contributed by atoms with Crippen LogP contribution in [0.2, 0.25) is 0 Å². The number of hydrogen-bond donors (Lipinski definition) is 2. The summed E-state index contributed by atoms with van der Waals surface area (Å²) in [7, 11) is 0. The maximum atomic E-state index is 11.6. The fourth-order valence-electron chi connectivity index (χ4n) is 2.23. The number of rotatable bonds is 7. The Morgan fingerprint density at radius 1 is 1.20 bits per heavy atom. The molecule has 0 aromatic rings. The van der Waals surface area contributed by atoms with E-state index in [1.807, 2.05) is 0 Å². The van der Waals surface area contributed by atoms with Gasteiger partial charge in [0, 0.05) is 6.04 Å². The van der Waals surface area contributed by atoms with E-state index in [1.54, 1.807) is 6.92 Å². The fourth-order valence-corrected chi connectivity index (χ4v) is 2.78. The highest BCUT2D eigenvalue weighted by atomic mass is 32.2. The van der Waals surface area contributed by atoms with Gasteiger partial charge in [0.2, 0.25) is 5.91 Å². The first kappa shape index (κ1) is 16.8. The number of carboxylic acid groups (broad SMARTS) is 1. The number of carboxylic acids is 1. The Bertz CT molecular complexity index is 353. The summed E-state index contributed by atoms with van der Waals surface area (Å²) >= 11 is 1.08. The van der Waals surface area contributed by atoms with Crippen molar-refractivity contribution in [2.75, 3.05) is 18.1 Å². The lowest BCUT2D eigenvalue weighted by molar-refractivity contribution is -0.149. The molecule has 0 spiro atoms. The van der Waals surface area contributed by atoms with E-state index in [0.717, 1.165) is 37.4 Å². The Labute approximate surface area is 122 Å². The van der Waals surface area contributed by atoms with Crippen LogP contribution in [0, 0.1) is 5.92 Å². The third-order valence-electron chi connectivity index (χ3n) is 3.17. The normalized spacial score (nSPS) is 22.1. The number of hydrogen-bond acceptors (Lipinski definition) is 5. The van der Waals surface area contributed by atoms with Crippen LogP contribution < -0.4 is 5.32 Å². The van der Waals surface area contributed by atoms with E-state index < -0.39 is 5.97 Å². The maximum absolute atomic E-state index is 11.6. The summed E-state index contributed by atoms with van der Waals surface area (Å²) < 4.78 is 4.99. The number of aliphatic carboxylic acids is 1. The average molecular weight is 303 g/mol. The molecule has 0 heterocycles. The maximum Gasteiger partial charge on any atom is 0.313 e. The Morgan fingerprint density at radius 2 is 1.85 bits per heavy atom. The first-order valence-electron chi connectivity index (χ1n) is 6.78. The van der Waals surface area contributed by atoms with Crippen LogP contribution in [-0.4, -0.2) is 47.1 Å². The van der Waals surface area contributed by atoms with Gasteiger partial charge in [0.25, 0.3) is 0 Å². The van der Waals surface area contributed by atoms with Crippen LogP contribution in [0.25, 0.3) is 0 Å². The van der Waals surface area contributed by atoms with Gasteiger partial charge in [-0.25, -0.2) is 0 Å². The van der Waals surface area contributed by atoms with Crippen LogP contribution in [0.3, 0.4) is 0 Å². The molecule has 0 atom stereocenters. The smallest absolute Gasteiger partial charge is 0.313 e. The summed E-state index contributed by atoms with van der Waals surface area (Å²) in [6.45, 7) is 2.19. The first-order valence-corrected chi connectivity index (χ1v) is 7.94. The van der Waals surface area contributed by atoms with Gasteiger partial charge in [-0.3, -0.25) is 14.4 Å². The second kappa shape index (κ2) is 8.84. The summed E-state index contributed by atoms with van der Waals surface area (Å²) in [5, 5.41) is 11.4. The average Bonchev–Trinajstić information content (AvgIpc) is 2.39. The van der Waals surface area contributed by atoms with Gasteiger partial charge in [0.05, 0.1) is 24.0 Å². The molecule has 0 radical (unpaired) electrons. The Balaban J connectivity index is 2.20. The van der Waals surface area contributed by atoms with Crippen LogP contribution in [-0.2, 0) is 19.1 Å². The summed E-state index contributed by atoms with van der Waals surface area (Å²) in [5.74, 6) is -1.17. The molecule has 6 nitrogen and oxygen atoms in total. The molecule has 20 heavy (non-hydrogen) atoms. The molecule has 2 N–H and O–H groups in total. The zero-order valence-corrected chi connectivity index (χ0v) is 12.4. The van der Waals surface area contributed by atoms with Crippen molar-refractivity contribution in [3.8, 4) is 0 Å². The molecule has 1 fully saturated rings. The highest BCUT2D eigenvalue weighted by molar-refractivity contribution is 8.00. The lowest BCUT2D eigenvalue weighted by Gasteiger charge is -2.27. The molecule has 1 aliphatic rings. The third-order valence-corrected chi connectivity index (χ3v) is 4.09. The molecule has 1 rings (SSSR count). The zero-order valence-electron chi connectivity index (χ0n) is 11.6. The van der Waals surface area contributed by atoms with E-state index in [2.05, 4.69) is 5.32 Å². The molecule has 0 aromatic heterocycles. The SMILES string of the molecule is CCOC(=O)C1CCC(NC(=O)CSCC(=O)O)CC1. The van der Waals surface area contributed by atoms with Gasteiger partial charge in [-0.05, 0) is 32.6 Å². The highest BCUT2D eigenvalue weighted by Gasteiger charge is 2.27. The van der Waals surface area contributed by atoms with Gasteiger partial charge >= 0.3 is 11.9 Å². The third kappa shape index (κ3) is 6.27. The number of carbonyl (C=O) groups is 3. The minimum Gasteiger partial charge on any atom is -0.481 e. The summed E-state index contributed by atoms with van der Waals surface area (Å²) in [4.78, 5) is 33.5. The molecule has 0 aliphatic heterocycles. The Morgan fingerprint density at radius 3 is 2.40 bits per heavy atom. The number of amides is 1. The summed E-state index contributed by atoms with van der Waals surface area (Å²) in [6.07, 6.45) is 2.98. The van der Waals surface area contributed by atoms with Crippen LogP contribution in [0.1, 0.15) is 32.6 Å². The Hall–Kier alpha value is -1.24. The van der Waals surface area contributed by atoms with Gasteiger partial charge in [0.1, 0.15) is 0 Å². The molecule has 0 unspecified atom stereocenters. The molecule has 1 amide bonds. The van der Waals surface area contributed by atoms with Crippen molar-refractivity contribution in [1.82, 2.24) is 5.32 Å². The molecule has 0 aromatic carbocycles. The second-order valence-electron chi connectivity index (χ2n) is 4.75. The van der Waals surface area contributed by atoms with Crippen LogP contribution in [0.15, 0.2) is 0 Å². The van der Waals surface area contributed by atoms with Crippen LogP contribution in [0.4, 0.5) is 0 Å². The minimum atomic E-state index is -0.919. The lowest BCUT2D eigenvalue weighted by atomic mass is 9.86. The summed E-state index contributed by atoms with van der Waals surface area (Å²) in [5.41, 5.74) is 0. The van der Waals surface area contributed by atoms with Gasteiger partial charge in [-0.1, -0.05) is 0 Å². The molecular weight excluding hydrogens is 282 g/mol. The standard InChI is InChI=1S/C13H21NO5S/c1-2-19-13(18)9-3-5-10(6-4-9)14-11(15)7-20-8-12(16)17/h9-10H,2-8H2,1H3,(H,14,15)(H,16,17). The number of carbonyl (C=O) groups excluding carboxylic acids is 2. The van der Waals surface area contributed by atoms with Crippen molar-refractivity contribution in [3.63, 3.8) is 0 Å². The van der Waals surface area contributed by atoms with Crippen molar-refractivity contribution < 1.29 is 24.2 Å². The zero-order chi connectivity index (χ0) is 15.0. The highest BCUT2D eigenvalue weighted by Crippen LogP contribution is 2.25. The largest absolute Gasteiger partial charge is 0.481 e. The molecule has 0 saturated heterocycles. The van der Waals surface area contributed by atoms with Crippen molar-refractivity contribution in [2.45, 2.75) is 38.6 Å². The van der Waals surface area contributed by atoms with E-state index in [-0.39, 0.29) is 35.3 Å². The molecule has 1 saturated carbocycles. The van der Waals surface area contributed by atoms with Crippen molar-refractivity contribution in [2.24, 2.45) is 5.92 Å². The molecular formula is C13H21NO5S.